The largest absolute Gasteiger partial charge is 0.389 e. The van der Waals surface area contributed by atoms with Crippen molar-refractivity contribution < 1.29 is 5.11 Å². The summed E-state index contributed by atoms with van der Waals surface area (Å²) in [7, 11) is 0. The topological polar surface area (TPSA) is 20.2 Å². The molecule has 0 aliphatic heterocycles. The zero-order valence-electron chi connectivity index (χ0n) is 12.9. The molecule has 0 amide bonds. The lowest BCUT2D eigenvalue weighted by atomic mass is 9.56. The molecule has 1 N–H and O–H groups in total. The van der Waals surface area contributed by atoms with Gasteiger partial charge in [0, 0.05) is 0 Å². The van der Waals surface area contributed by atoms with E-state index in [9.17, 15) is 5.11 Å². The third kappa shape index (κ3) is 1.95. The van der Waals surface area contributed by atoms with Crippen LogP contribution in [0.4, 0.5) is 0 Å². The fourth-order valence-corrected chi connectivity index (χ4v) is 4.30. The van der Waals surface area contributed by atoms with Crippen LogP contribution in [0.3, 0.4) is 0 Å². The third-order valence-electron chi connectivity index (χ3n) is 5.70. The van der Waals surface area contributed by atoms with Gasteiger partial charge in [0.1, 0.15) is 0 Å². The van der Waals surface area contributed by atoms with Crippen LogP contribution in [0.15, 0.2) is 30.4 Å². The number of aliphatic hydroxyl groups is 1. The highest BCUT2D eigenvalue weighted by atomic mass is 16.3. The molecule has 1 aromatic rings. The fourth-order valence-electron chi connectivity index (χ4n) is 4.30. The van der Waals surface area contributed by atoms with E-state index in [0.29, 0.717) is 11.8 Å². The number of aryl methyl sites for hydroxylation is 1. The van der Waals surface area contributed by atoms with Gasteiger partial charge in [0.25, 0.3) is 0 Å². The minimum absolute atomic E-state index is 0.180. The lowest BCUT2D eigenvalue weighted by Crippen LogP contribution is -2.44. The standard InChI is InChI=1S/C19H26O/c1-12(2)14-5-8-17-15(11-14)6-7-16-13(3)18(20)9-10-19(16,17)4/h5,8,11-12,16,18,20H,3,6-7,9-10H2,1-2,4H3/t16?,18-,19+/m1/s1. The molecule has 0 saturated heterocycles. The Morgan fingerprint density at radius 1 is 1.30 bits per heavy atom. The summed E-state index contributed by atoms with van der Waals surface area (Å²) in [4.78, 5) is 0. The molecule has 1 heteroatoms. The highest BCUT2D eigenvalue weighted by Gasteiger charge is 2.45. The molecule has 0 radical (unpaired) electrons. The number of fused-ring (bicyclic) bond motifs is 3. The lowest BCUT2D eigenvalue weighted by molar-refractivity contribution is 0.109. The predicted molar refractivity (Wildman–Crippen MR) is 84.1 cm³/mol. The average molecular weight is 270 g/mol. The van der Waals surface area contributed by atoms with Crippen LogP contribution in [-0.4, -0.2) is 11.2 Å². The Hall–Kier alpha value is -1.08. The van der Waals surface area contributed by atoms with Crippen LogP contribution in [0.2, 0.25) is 0 Å². The van der Waals surface area contributed by atoms with Gasteiger partial charge in [-0.25, -0.2) is 0 Å². The highest BCUT2D eigenvalue weighted by molar-refractivity contribution is 5.44. The molecule has 20 heavy (non-hydrogen) atoms. The van der Waals surface area contributed by atoms with Crippen molar-refractivity contribution in [3.63, 3.8) is 0 Å². The third-order valence-corrected chi connectivity index (χ3v) is 5.70. The molecule has 0 spiro atoms. The van der Waals surface area contributed by atoms with Gasteiger partial charge in [0.05, 0.1) is 6.10 Å². The first-order valence-electron chi connectivity index (χ1n) is 7.93. The minimum atomic E-state index is -0.287. The maximum atomic E-state index is 10.1. The Morgan fingerprint density at radius 2 is 2.05 bits per heavy atom. The Kier molecular flexibility index (Phi) is 3.29. The van der Waals surface area contributed by atoms with Crippen molar-refractivity contribution in [2.75, 3.05) is 0 Å². The van der Waals surface area contributed by atoms with Gasteiger partial charge in [-0.15, -0.1) is 0 Å². The summed E-state index contributed by atoms with van der Waals surface area (Å²) in [5.74, 6) is 1.04. The number of benzene rings is 1. The number of hydrogen-bond acceptors (Lipinski definition) is 1. The van der Waals surface area contributed by atoms with Gasteiger partial charge in [-0.1, -0.05) is 45.5 Å². The van der Waals surface area contributed by atoms with E-state index in [0.717, 1.165) is 31.3 Å². The van der Waals surface area contributed by atoms with Crippen molar-refractivity contribution in [3.8, 4) is 0 Å². The van der Waals surface area contributed by atoms with Crippen LogP contribution >= 0.6 is 0 Å². The first-order chi connectivity index (χ1) is 9.43. The van der Waals surface area contributed by atoms with E-state index < -0.39 is 0 Å². The maximum Gasteiger partial charge on any atom is 0.0750 e. The predicted octanol–water partition coefficient (Wildman–Crippen LogP) is 4.34. The molecular formula is C19H26O. The Morgan fingerprint density at radius 3 is 2.75 bits per heavy atom. The van der Waals surface area contributed by atoms with E-state index in [1.807, 2.05) is 0 Å². The van der Waals surface area contributed by atoms with Gasteiger partial charge < -0.3 is 5.11 Å². The van der Waals surface area contributed by atoms with Crippen molar-refractivity contribution in [3.05, 3.63) is 47.0 Å². The second kappa shape index (κ2) is 4.73. The highest BCUT2D eigenvalue weighted by Crippen LogP contribution is 2.51. The average Bonchev–Trinajstić information content (AvgIpc) is 2.43. The minimum Gasteiger partial charge on any atom is -0.389 e. The van der Waals surface area contributed by atoms with Gasteiger partial charge in [0.2, 0.25) is 0 Å². The second-order valence-corrected chi connectivity index (χ2v) is 7.21. The van der Waals surface area contributed by atoms with Crippen LogP contribution in [-0.2, 0) is 11.8 Å². The van der Waals surface area contributed by atoms with Gasteiger partial charge in [-0.3, -0.25) is 0 Å². The van der Waals surface area contributed by atoms with Crippen molar-refractivity contribution in [2.45, 2.75) is 63.9 Å². The van der Waals surface area contributed by atoms with Crippen LogP contribution in [0.5, 0.6) is 0 Å². The van der Waals surface area contributed by atoms with E-state index in [4.69, 9.17) is 0 Å². The van der Waals surface area contributed by atoms with E-state index >= 15 is 0 Å². The molecule has 1 nitrogen and oxygen atoms in total. The van der Waals surface area contributed by atoms with Crippen molar-refractivity contribution in [1.29, 1.82) is 0 Å². The molecule has 0 heterocycles. The fraction of sp³-hybridized carbons (Fsp3) is 0.579. The molecule has 1 fully saturated rings. The molecule has 1 aromatic carbocycles. The van der Waals surface area contributed by atoms with Crippen LogP contribution in [0, 0.1) is 5.92 Å². The maximum absolute atomic E-state index is 10.1. The van der Waals surface area contributed by atoms with E-state index in [2.05, 4.69) is 45.5 Å². The van der Waals surface area contributed by atoms with Gasteiger partial charge in [-0.05, 0) is 65.2 Å². The van der Waals surface area contributed by atoms with Crippen LogP contribution < -0.4 is 0 Å². The molecule has 2 aliphatic rings. The summed E-state index contributed by atoms with van der Waals surface area (Å²) >= 11 is 0. The molecule has 3 atom stereocenters. The molecule has 1 saturated carbocycles. The van der Waals surface area contributed by atoms with Crippen molar-refractivity contribution in [2.24, 2.45) is 5.92 Å². The smallest absolute Gasteiger partial charge is 0.0750 e. The zero-order chi connectivity index (χ0) is 14.5. The molecule has 2 aliphatic carbocycles. The van der Waals surface area contributed by atoms with Crippen molar-refractivity contribution in [1.82, 2.24) is 0 Å². The van der Waals surface area contributed by atoms with Gasteiger partial charge >= 0.3 is 0 Å². The Bertz CT molecular complexity index is 543. The van der Waals surface area contributed by atoms with E-state index in [1.54, 1.807) is 0 Å². The monoisotopic (exact) mass is 270 g/mol. The van der Waals surface area contributed by atoms with Crippen molar-refractivity contribution >= 4 is 0 Å². The Labute approximate surface area is 122 Å². The van der Waals surface area contributed by atoms with Gasteiger partial charge in [0.15, 0.2) is 0 Å². The number of rotatable bonds is 1. The molecule has 108 valence electrons. The normalized spacial score (nSPS) is 33.0. The lowest BCUT2D eigenvalue weighted by Gasteiger charge is -2.49. The Balaban J connectivity index is 2.05. The summed E-state index contributed by atoms with van der Waals surface area (Å²) in [6, 6.07) is 7.06. The number of aliphatic hydroxyl groups excluding tert-OH is 1. The first-order valence-corrected chi connectivity index (χ1v) is 7.93. The quantitative estimate of drug-likeness (QED) is 0.753. The summed E-state index contributed by atoms with van der Waals surface area (Å²) < 4.78 is 0. The second-order valence-electron chi connectivity index (χ2n) is 7.21. The zero-order valence-corrected chi connectivity index (χ0v) is 12.9. The first kappa shape index (κ1) is 13.9. The van der Waals surface area contributed by atoms with Crippen LogP contribution in [0.25, 0.3) is 0 Å². The summed E-state index contributed by atoms with van der Waals surface area (Å²) in [6.07, 6.45) is 3.91. The summed E-state index contributed by atoms with van der Waals surface area (Å²) in [5, 5.41) is 10.1. The van der Waals surface area contributed by atoms with E-state index in [1.165, 1.54) is 16.7 Å². The number of hydrogen-bond donors (Lipinski definition) is 1. The van der Waals surface area contributed by atoms with E-state index in [-0.39, 0.29) is 11.5 Å². The summed E-state index contributed by atoms with van der Waals surface area (Å²) in [5.41, 5.74) is 5.72. The molecular weight excluding hydrogens is 244 g/mol. The SMILES string of the molecule is C=C1C2CCc3cc(C(C)C)ccc3[C@@]2(C)CC[C@H]1O. The molecule has 3 rings (SSSR count). The van der Waals surface area contributed by atoms with Gasteiger partial charge in [-0.2, -0.15) is 0 Å². The molecule has 0 aromatic heterocycles. The molecule has 1 unspecified atom stereocenters. The summed E-state index contributed by atoms with van der Waals surface area (Å²) in [6.45, 7) is 11.1. The van der Waals surface area contributed by atoms with Crippen LogP contribution in [0.1, 0.15) is 62.6 Å². The molecule has 0 bridgehead atoms.